The van der Waals surface area contributed by atoms with Gasteiger partial charge in [0.25, 0.3) is 0 Å². The van der Waals surface area contributed by atoms with E-state index in [4.69, 9.17) is 4.74 Å². The van der Waals surface area contributed by atoms with Gasteiger partial charge in [-0.1, -0.05) is 129 Å². The van der Waals surface area contributed by atoms with Gasteiger partial charge in [0.15, 0.2) is 0 Å². The average molecular weight is 722 g/mol. The van der Waals surface area contributed by atoms with Crippen molar-refractivity contribution >= 4 is 48.6 Å². The summed E-state index contributed by atoms with van der Waals surface area (Å²) < 4.78 is 9.17. The minimum atomic E-state index is -0.491. The summed E-state index contributed by atoms with van der Waals surface area (Å²) in [7, 11) is 0. The van der Waals surface area contributed by atoms with E-state index in [0.29, 0.717) is 0 Å². The van der Waals surface area contributed by atoms with Gasteiger partial charge < -0.3 is 9.64 Å². The number of hydrogen-bond acceptors (Lipinski definition) is 3. The van der Waals surface area contributed by atoms with E-state index in [-0.39, 0.29) is 5.41 Å². The molecular formula is C52H35NOS. The van der Waals surface area contributed by atoms with Gasteiger partial charge in [-0.2, -0.15) is 0 Å². The van der Waals surface area contributed by atoms with Gasteiger partial charge in [-0.15, -0.1) is 11.3 Å². The van der Waals surface area contributed by atoms with Gasteiger partial charge in [0.1, 0.15) is 11.5 Å². The molecule has 9 aromatic rings. The second-order valence-corrected chi connectivity index (χ2v) is 16.7. The molecule has 0 radical (unpaired) electrons. The molecule has 0 unspecified atom stereocenters. The van der Waals surface area contributed by atoms with Crippen molar-refractivity contribution in [1.82, 2.24) is 0 Å². The van der Waals surface area contributed by atoms with Crippen molar-refractivity contribution in [2.24, 2.45) is 0 Å². The number of hydrogen-bond donors (Lipinski definition) is 0. The molecule has 0 amide bonds. The lowest BCUT2D eigenvalue weighted by atomic mass is 9.66. The van der Waals surface area contributed by atoms with Crippen LogP contribution in [0, 0.1) is 0 Å². The Hall–Kier alpha value is -6.42. The maximum Gasteiger partial charge on any atom is 0.132 e. The Labute approximate surface area is 324 Å². The summed E-state index contributed by atoms with van der Waals surface area (Å²) in [6, 6.07) is 64.9. The highest BCUT2D eigenvalue weighted by molar-refractivity contribution is 7.26. The Morgan fingerprint density at radius 3 is 1.78 bits per heavy atom. The van der Waals surface area contributed by atoms with Crippen LogP contribution in [-0.2, 0) is 10.8 Å². The van der Waals surface area contributed by atoms with E-state index in [1.54, 1.807) is 0 Å². The fourth-order valence-electron chi connectivity index (χ4n) is 10.2. The molecular weight excluding hydrogens is 687 g/mol. The molecule has 2 nitrogen and oxygen atoms in total. The summed E-state index contributed by atoms with van der Waals surface area (Å²) >= 11 is 1.89. The zero-order valence-electron chi connectivity index (χ0n) is 30.5. The maximum absolute atomic E-state index is 6.61. The van der Waals surface area contributed by atoms with Crippen molar-refractivity contribution < 1.29 is 4.74 Å². The third kappa shape index (κ3) is 4.03. The summed E-state index contributed by atoms with van der Waals surface area (Å²) in [4.78, 5) is 2.47. The maximum atomic E-state index is 6.61. The van der Waals surface area contributed by atoms with Crippen molar-refractivity contribution in [1.29, 1.82) is 0 Å². The predicted octanol–water partition coefficient (Wildman–Crippen LogP) is 14.3. The Kier molecular flexibility index (Phi) is 6.23. The average Bonchev–Trinajstić information content (AvgIpc) is 3.82. The fourth-order valence-corrected chi connectivity index (χ4v) is 11.3. The van der Waals surface area contributed by atoms with Crippen LogP contribution in [0.15, 0.2) is 176 Å². The summed E-state index contributed by atoms with van der Waals surface area (Å²) in [5.41, 5.74) is 15.9. The normalized spacial score (nSPS) is 14.8. The molecule has 0 atom stereocenters. The number of benzene rings is 8. The largest absolute Gasteiger partial charge is 0.457 e. The standard InChI is InChI=1S/C52H35NOS/c1-51(2)39-19-8-6-17-34(39)36-29-33(27-28-40(36)51)53(32-15-4-3-5-16-32)45-23-14-26-48-50(45)38-30-37-35-18-7-9-20-41(35)52(44(37)31-49(38)55-48)42-21-10-12-24-46(42)54-47-25-13-11-22-43(47)52/h3-31H,1-2H3. The van der Waals surface area contributed by atoms with Crippen molar-refractivity contribution in [3.63, 3.8) is 0 Å². The van der Waals surface area contributed by atoms with E-state index in [2.05, 4.69) is 195 Å². The van der Waals surface area contributed by atoms with Crippen LogP contribution < -0.4 is 9.64 Å². The molecule has 2 heterocycles. The number of ether oxygens (including phenoxy) is 1. The second kappa shape index (κ2) is 11.1. The van der Waals surface area contributed by atoms with Gasteiger partial charge in [0.2, 0.25) is 0 Å². The van der Waals surface area contributed by atoms with Gasteiger partial charge in [-0.05, 0) is 105 Å². The van der Waals surface area contributed by atoms with Crippen molar-refractivity contribution in [2.45, 2.75) is 24.7 Å². The first kappa shape index (κ1) is 31.0. The minimum Gasteiger partial charge on any atom is -0.457 e. The molecule has 0 saturated heterocycles. The van der Waals surface area contributed by atoms with Crippen LogP contribution in [0.4, 0.5) is 17.1 Å². The number of thiophene rings is 1. The lowest BCUT2D eigenvalue weighted by molar-refractivity contribution is 0.436. The molecule has 0 bridgehead atoms. The Balaban J connectivity index is 1.13. The number of anilines is 3. The number of para-hydroxylation sites is 3. The van der Waals surface area contributed by atoms with Crippen LogP contribution in [0.2, 0.25) is 0 Å². The van der Waals surface area contributed by atoms with Gasteiger partial charge in [-0.25, -0.2) is 0 Å². The number of nitrogens with zero attached hydrogens (tertiary/aromatic N) is 1. The van der Waals surface area contributed by atoms with Crippen molar-refractivity contribution in [3.05, 3.63) is 209 Å². The highest BCUT2D eigenvalue weighted by atomic mass is 32.1. The van der Waals surface area contributed by atoms with E-state index in [1.165, 1.54) is 81.5 Å². The van der Waals surface area contributed by atoms with Crippen LogP contribution in [0.25, 0.3) is 42.4 Å². The Morgan fingerprint density at radius 1 is 0.436 bits per heavy atom. The topological polar surface area (TPSA) is 12.5 Å². The molecule has 3 heteroatoms. The molecule has 2 aliphatic carbocycles. The molecule has 3 aliphatic rings. The van der Waals surface area contributed by atoms with Gasteiger partial charge in [-0.3, -0.25) is 0 Å². The first-order valence-corrected chi connectivity index (χ1v) is 19.9. The third-order valence-corrected chi connectivity index (χ3v) is 13.6. The van der Waals surface area contributed by atoms with E-state index in [1.807, 2.05) is 11.3 Å². The molecule has 1 aliphatic heterocycles. The zero-order valence-corrected chi connectivity index (χ0v) is 31.3. The molecule has 0 N–H and O–H groups in total. The molecule has 12 rings (SSSR count). The summed E-state index contributed by atoms with van der Waals surface area (Å²) in [5, 5.41) is 2.56. The molecule has 260 valence electrons. The minimum absolute atomic E-state index is 0.0505. The monoisotopic (exact) mass is 721 g/mol. The molecule has 0 saturated carbocycles. The van der Waals surface area contributed by atoms with Gasteiger partial charge >= 0.3 is 0 Å². The van der Waals surface area contributed by atoms with Gasteiger partial charge in [0, 0.05) is 48.1 Å². The molecule has 1 aromatic heterocycles. The van der Waals surface area contributed by atoms with Crippen LogP contribution in [0.1, 0.15) is 47.2 Å². The van der Waals surface area contributed by atoms with Crippen LogP contribution in [-0.4, -0.2) is 0 Å². The zero-order chi connectivity index (χ0) is 36.5. The summed E-state index contributed by atoms with van der Waals surface area (Å²) in [6.45, 7) is 4.70. The molecule has 0 fully saturated rings. The predicted molar refractivity (Wildman–Crippen MR) is 229 cm³/mol. The second-order valence-electron chi connectivity index (χ2n) is 15.6. The van der Waals surface area contributed by atoms with Crippen molar-refractivity contribution in [2.75, 3.05) is 4.90 Å². The van der Waals surface area contributed by atoms with Crippen molar-refractivity contribution in [3.8, 4) is 33.8 Å². The first-order valence-electron chi connectivity index (χ1n) is 19.1. The lowest BCUT2D eigenvalue weighted by Gasteiger charge is -2.39. The van der Waals surface area contributed by atoms with Gasteiger partial charge in [0.05, 0.1) is 11.1 Å². The van der Waals surface area contributed by atoms with Crippen LogP contribution in [0.3, 0.4) is 0 Å². The molecule has 1 spiro atoms. The van der Waals surface area contributed by atoms with E-state index < -0.39 is 5.41 Å². The molecule has 8 aromatic carbocycles. The fraction of sp³-hybridized carbons (Fsp3) is 0.0769. The van der Waals surface area contributed by atoms with Crippen LogP contribution >= 0.6 is 11.3 Å². The number of fused-ring (bicyclic) bond motifs is 15. The molecule has 55 heavy (non-hydrogen) atoms. The first-order chi connectivity index (χ1) is 27.0. The smallest absolute Gasteiger partial charge is 0.132 e. The quantitative estimate of drug-likeness (QED) is 0.180. The summed E-state index contributed by atoms with van der Waals surface area (Å²) in [6.07, 6.45) is 0. The summed E-state index contributed by atoms with van der Waals surface area (Å²) in [5.74, 6) is 1.84. The lowest BCUT2D eigenvalue weighted by Crippen LogP contribution is -2.32. The SMILES string of the molecule is CC1(C)c2ccccc2-c2cc(N(c3ccccc3)c3cccc4sc5cc6c(cc5c34)-c3ccccc3C63c4ccccc4Oc4ccccc43)ccc21. The highest BCUT2D eigenvalue weighted by Crippen LogP contribution is 2.63. The third-order valence-electron chi connectivity index (χ3n) is 12.5. The van der Waals surface area contributed by atoms with Crippen LogP contribution in [0.5, 0.6) is 11.5 Å². The number of rotatable bonds is 3. The van der Waals surface area contributed by atoms with E-state index in [0.717, 1.165) is 22.9 Å². The van der Waals surface area contributed by atoms with E-state index in [9.17, 15) is 0 Å². The Bertz CT molecular complexity index is 3020. The Morgan fingerprint density at radius 2 is 1.04 bits per heavy atom. The highest BCUT2D eigenvalue weighted by Gasteiger charge is 2.51. The van der Waals surface area contributed by atoms with E-state index >= 15 is 0 Å².